The first-order chi connectivity index (χ1) is 9.04. The van der Waals surface area contributed by atoms with Gasteiger partial charge < -0.3 is 15.1 Å². The number of aromatic nitrogens is 2. The van der Waals surface area contributed by atoms with Crippen LogP contribution in [0.5, 0.6) is 0 Å². The van der Waals surface area contributed by atoms with E-state index in [1.165, 1.54) is 0 Å². The number of nitrogens with one attached hydrogen (secondary N) is 2. The molecule has 0 amide bonds. The summed E-state index contributed by atoms with van der Waals surface area (Å²) in [7, 11) is 0. The molecule has 0 spiro atoms. The second kappa shape index (κ2) is 6.36. The summed E-state index contributed by atoms with van der Waals surface area (Å²) in [5.74, 6) is 0.530. The van der Waals surface area contributed by atoms with Crippen molar-refractivity contribution in [3.05, 3.63) is 33.6 Å². The van der Waals surface area contributed by atoms with Crippen molar-refractivity contribution < 1.29 is 4.42 Å². The summed E-state index contributed by atoms with van der Waals surface area (Å²) >= 11 is 9.45. The Morgan fingerprint density at radius 3 is 2.89 bits per heavy atom. The lowest BCUT2D eigenvalue weighted by Gasteiger charge is -2.05. The smallest absolute Gasteiger partial charge is 0.320 e. The van der Waals surface area contributed by atoms with E-state index in [0.29, 0.717) is 35.2 Å². The summed E-state index contributed by atoms with van der Waals surface area (Å²) in [6.07, 6.45) is 0. The number of anilines is 2. The summed E-state index contributed by atoms with van der Waals surface area (Å²) in [5, 5.41) is 14.6. The van der Waals surface area contributed by atoms with E-state index in [4.69, 9.17) is 16.0 Å². The molecule has 0 aliphatic heterocycles. The molecule has 1 aromatic heterocycles. The lowest BCUT2D eigenvalue weighted by molar-refractivity contribution is 0.460. The van der Waals surface area contributed by atoms with Gasteiger partial charge >= 0.3 is 6.01 Å². The Morgan fingerprint density at radius 2 is 2.16 bits per heavy atom. The maximum atomic E-state index is 6.07. The second-order valence-electron chi connectivity index (χ2n) is 4.29. The van der Waals surface area contributed by atoms with Crippen LogP contribution in [0.25, 0.3) is 0 Å². The fourth-order valence-corrected chi connectivity index (χ4v) is 1.90. The second-order valence-corrected chi connectivity index (χ2v) is 5.61. The Balaban J connectivity index is 2.05. The van der Waals surface area contributed by atoms with E-state index in [0.717, 1.165) is 4.47 Å². The normalized spacial score (nSPS) is 11.0. The molecule has 2 N–H and O–H groups in total. The number of halogens is 2. The van der Waals surface area contributed by atoms with Crippen molar-refractivity contribution in [1.29, 1.82) is 0 Å². The van der Waals surface area contributed by atoms with Crippen LogP contribution in [0.1, 0.15) is 19.7 Å². The molecule has 0 radical (unpaired) electrons. The molecule has 2 rings (SSSR count). The number of hydrogen-bond donors (Lipinski definition) is 2. The van der Waals surface area contributed by atoms with Crippen molar-refractivity contribution >= 4 is 39.2 Å². The Hall–Kier alpha value is -1.11. The molecule has 102 valence electrons. The highest BCUT2D eigenvalue weighted by Gasteiger charge is 2.08. The molecule has 0 atom stereocenters. The summed E-state index contributed by atoms with van der Waals surface area (Å²) < 4.78 is 6.38. The van der Waals surface area contributed by atoms with Gasteiger partial charge in [0.2, 0.25) is 5.89 Å². The van der Waals surface area contributed by atoms with Crippen LogP contribution >= 0.6 is 27.5 Å². The van der Waals surface area contributed by atoms with Gasteiger partial charge in [-0.3, -0.25) is 0 Å². The molecule has 0 saturated carbocycles. The summed E-state index contributed by atoms with van der Waals surface area (Å²) in [5.41, 5.74) is 0.711. The summed E-state index contributed by atoms with van der Waals surface area (Å²) in [6.45, 7) is 4.65. The van der Waals surface area contributed by atoms with E-state index in [-0.39, 0.29) is 0 Å². The monoisotopic (exact) mass is 344 g/mol. The fraction of sp³-hybridized carbons (Fsp3) is 0.333. The van der Waals surface area contributed by atoms with E-state index in [2.05, 4.69) is 50.6 Å². The molecule has 0 bridgehead atoms. The molecule has 7 heteroatoms. The standard InChI is InChI=1S/C12H14BrClN4O/c1-7(2)15-6-11-17-18-12(19-11)16-10-5-8(13)3-4-9(10)14/h3-5,7,15H,6H2,1-2H3,(H,16,18). The molecule has 0 aliphatic carbocycles. The van der Waals surface area contributed by atoms with Crippen LogP contribution in [0.3, 0.4) is 0 Å². The van der Waals surface area contributed by atoms with Gasteiger partial charge in [0, 0.05) is 10.5 Å². The van der Waals surface area contributed by atoms with Gasteiger partial charge in [-0.1, -0.05) is 46.5 Å². The Labute approximate surface area is 124 Å². The Kier molecular flexibility index (Phi) is 4.79. The van der Waals surface area contributed by atoms with Crippen LogP contribution in [0.4, 0.5) is 11.7 Å². The minimum Gasteiger partial charge on any atom is -0.406 e. The summed E-state index contributed by atoms with van der Waals surface area (Å²) in [6, 6.07) is 6.17. The molecule has 0 aliphatic rings. The van der Waals surface area contributed by atoms with Crippen LogP contribution in [-0.2, 0) is 6.54 Å². The topological polar surface area (TPSA) is 63.0 Å². The third-order valence-electron chi connectivity index (χ3n) is 2.30. The first-order valence-corrected chi connectivity index (χ1v) is 6.99. The van der Waals surface area contributed by atoms with Crippen molar-refractivity contribution in [1.82, 2.24) is 15.5 Å². The van der Waals surface area contributed by atoms with Crippen LogP contribution < -0.4 is 10.6 Å². The Morgan fingerprint density at radius 1 is 1.37 bits per heavy atom. The van der Waals surface area contributed by atoms with Gasteiger partial charge in [-0.15, -0.1) is 5.10 Å². The molecule has 19 heavy (non-hydrogen) atoms. The maximum absolute atomic E-state index is 6.07. The van der Waals surface area contributed by atoms with Crippen molar-refractivity contribution in [2.45, 2.75) is 26.4 Å². The van der Waals surface area contributed by atoms with Crippen molar-refractivity contribution in [3.63, 3.8) is 0 Å². The molecule has 0 saturated heterocycles. The predicted molar refractivity (Wildman–Crippen MR) is 78.7 cm³/mol. The zero-order chi connectivity index (χ0) is 13.8. The van der Waals surface area contributed by atoms with E-state index < -0.39 is 0 Å². The zero-order valence-electron chi connectivity index (χ0n) is 10.6. The predicted octanol–water partition coefficient (Wildman–Crippen LogP) is 3.73. The van der Waals surface area contributed by atoms with Gasteiger partial charge in [0.05, 0.1) is 17.3 Å². The van der Waals surface area contributed by atoms with Crippen LogP contribution in [0, 0.1) is 0 Å². The number of nitrogens with zero attached hydrogens (tertiary/aromatic N) is 2. The van der Waals surface area contributed by atoms with E-state index in [1.54, 1.807) is 6.07 Å². The van der Waals surface area contributed by atoms with E-state index >= 15 is 0 Å². The molecule has 1 heterocycles. The highest BCUT2D eigenvalue weighted by atomic mass is 79.9. The SMILES string of the molecule is CC(C)NCc1nnc(Nc2cc(Br)ccc2Cl)o1. The minimum absolute atomic E-state index is 0.320. The number of benzene rings is 1. The minimum atomic E-state index is 0.320. The van der Waals surface area contributed by atoms with Gasteiger partial charge in [0.15, 0.2) is 0 Å². The molecule has 5 nitrogen and oxygen atoms in total. The van der Waals surface area contributed by atoms with Gasteiger partial charge in [-0.05, 0) is 18.2 Å². The van der Waals surface area contributed by atoms with Crippen LogP contribution in [0.2, 0.25) is 5.02 Å². The van der Waals surface area contributed by atoms with Gasteiger partial charge in [0.25, 0.3) is 0 Å². The molecule has 2 aromatic rings. The average molecular weight is 346 g/mol. The van der Waals surface area contributed by atoms with Gasteiger partial charge in [0.1, 0.15) is 0 Å². The van der Waals surface area contributed by atoms with E-state index in [9.17, 15) is 0 Å². The van der Waals surface area contributed by atoms with Crippen molar-refractivity contribution in [2.75, 3.05) is 5.32 Å². The van der Waals surface area contributed by atoms with Gasteiger partial charge in [-0.2, -0.15) is 0 Å². The van der Waals surface area contributed by atoms with Crippen molar-refractivity contribution in [2.24, 2.45) is 0 Å². The molecule has 0 fully saturated rings. The van der Waals surface area contributed by atoms with Crippen LogP contribution in [0.15, 0.2) is 27.1 Å². The lowest BCUT2D eigenvalue weighted by atomic mass is 10.3. The van der Waals surface area contributed by atoms with Gasteiger partial charge in [-0.25, -0.2) is 0 Å². The quantitative estimate of drug-likeness (QED) is 0.864. The molecule has 0 unspecified atom stereocenters. The Bertz CT molecular complexity index is 558. The first kappa shape index (κ1) is 14.3. The largest absolute Gasteiger partial charge is 0.406 e. The lowest BCUT2D eigenvalue weighted by Crippen LogP contribution is -2.21. The molecular weight excluding hydrogens is 332 g/mol. The maximum Gasteiger partial charge on any atom is 0.320 e. The number of hydrogen-bond acceptors (Lipinski definition) is 5. The first-order valence-electron chi connectivity index (χ1n) is 5.82. The summed E-state index contributed by atoms with van der Waals surface area (Å²) in [4.78, 5) is 0. The number of rotatable bonds is 5. The van der Waals surface area contributed by atoms with Crippen LogP contribution in [-0.4, -0.2) is 16.2 Å². The zero-order valence-corrected chi connectivity index (χ0v) is 12.9. The van der Waals surface area contributed by atoms with E-state index in [1.807, 2.05) is 12.1 Å². The third-order valence-corrected chi connectivity index (χ3v) is 3.12. The molecule has 1 aromatic carbocycles. The highest BCUT2D eigenvalue weighted by Crippen LogP contribution is 2.28. The highest BCUT2D eigenvalue weighted by molar-refractivity contribution is 9.10. The molecular formula is C12H14BrClN4O. The fourth-order valence-electron chi connectivity index (χ4n) is 1.38. The third kappa shape index (κ3) is 4.19. The average Bonchev–Trinajstić information content (AvgIpc) is 2.79. The van der Waals surface area contributed by atoms with Crippen molar-refractivity contribution in [3.8, 4) is 0 Å².